The minimum atomic E-state index is -0.00676. The van der Waals surface area contributed by atoms with Crippen molar-refractivity contribution in [3.8, 4) is 6.07 Å². The third-order valence-electron chi connectivity index (χ3n) is 4.47. The Labute approximate surface area is 139 Å². The van der Waals surface area contributed by atoms with Crippen LogP contribution in [0.5, 0.6) is 0 Å². The fourth-order valence-electron chi connectivity index (χ4n) is 2.81. The lowest BCUT2D eigenvalue weighted by Crippen LogP contribution is -2.44. The Hall–Kier alpha value is -2.02. The van der Waals surface area contributed by atoms with Gasteiger partial charge in [0.05, 0.1) is 6.07 Å². The molecular weight excluding hydrogens is 286 g/mol. The summed E-state index contributed by atoms with van der Waals surface area (Å²) in [6, 6.07) is 10.9. The molecule has 2 rings (SSSR count). The lowest BCUT2D eigenvalue weighted by molar-refractivity contribution is 0.179. The Morgan fingerprint density at radius 3 is 2.39 bits per heavy atom. The van der Waals surface area contributed by atoms with Gasteiger partial charge in [-0.1, -0.05) is 45.0 Å². The number of benzene rings is 1. The van der Waals surface area contributed by atoms with Gasteiger partial charge >= 0.3 is 6.03 Å². The van der Waals surface area contributed by atoms with Gasteiger partial charge in [0, 0.05) is 25.6 Å². The number of piperidine rings is 1. The number of carbonyl (C=O) groups excluding carboxylic acids is 1. The predicted octanol–water partition coefficient (Wildman–Crippen LogP) is 3.47. The molecule has 1 aromatic carbocycles. The van der Waals surface area contributed by atoms with Crippen molar-refractivity contribution in [1.29, 1.82) is 5.26 Å². The van der Waals surface area contributed by atoms with Crippen LogP contribution in [0.25, 0.3) is 0 Å². The number of rotatable bonds is 3. The molecule has 1 N–H and O–H groups in total. The first-order valence-electron chi connectivity index (χ1n) is 8.42. The van der Waals surface area contributed by atoms with E-state index in [0.29, 0.717) is 19.6 Å². The summed E-state index contributed by atoms with van der Waals surface area (Å²) in [6.45, 7) is 8.63. The molecule has 2 amide bonds. The number of nitrogens with zero attached hydrogens (tertiary/aromatic N) is 2. The molecular formula is C19H27N3O. The van der Waals surface area contributed by atoms with Gasteiger partial charge in [0.15, 0.2) is 0 Å². The Morgan fingerprint density at radius 2 is 1.87 bits per heavy atom. The van der Waals surface area contributed by atoms with Gasteiger partial charge in [-0.3, -0.25) is 0 Å². The molecule has 1 aliphatic heterocycles. The fourth-order valence-corrected chi connectivity index (χ4v) is 2.81. The van der Waals surface area contributed by atoms with E-state index in [0.717, 1.165) is 19.3 Å². The number of likely N-dealkylation sites (tertiary alicyclic amines) is 1. The van der Waals surface area contributed by atoms with Gasteiger partial charge in [0.2, 0.25) is 0 Å². The second-order valence-corrected chi connectivity index (χ2v) is 7.32. The van der Waals surface area contributed by atoms with Crippen LogP contribution in [-0.2, 0) is 11.8 Å². The van der Waals surface area contributed by atoms with Gasteiger partial charge in [0.1, 0.15) is 0 Å². The van der Waals surface area contributed by atoms with Gasteiger partial charge < -0.3 is 10.2 Å². The Kier molecular flexibility index (Phi) is 5.65. The van der Waals surface area contributed by atoms with Crippen molar-refractivity contribution < 1.29 is 4.79 Å². The van der Waals surface area contributed by atoms with Crippen molar-refractivity contribution in [3.05, 3.63) is 35.4 Å². The topological polar surface area (TPSA) is 56.1 Å². The highest BCUT2D eigenvalue weighted by Crippen LogP contribution is 2.22. The molecule has 0 saturated carbocycles. The largest absolute Gasteiger partial charge is 0.338 e. The maximum absolute atomic E-state index is 12.1. The van der Waals surface area contributed by atoms with E-state index < -0.39 is 0 Å². The Bertz CT molecular complexity index is 558. The number of nitrogens with one attached hydrogen (secondary N) is 1. The van der Waals surface area contributed by atoms with Crippen LogP contribution in [0.15, 0.2) is 24.3 Å². The Morgan fingerprint density at radius 1 is 1.26 bits per heavy atom. The molecule has 0 unspecified atom stereocenters. The fraction of sp³-hybridized carbons (Fsp3) is 0.579. The molecule has 1 aromatic rings. The molecule has 0 radical (unpaired) electrons. The van der Waals surface area contributed by atoms with Crippen LogP contribution in [0.3, 0.4) is 0 Å². The molecule has 1 fully saturated rings. The molecule has 1 saturated heterocycles. The van der Waals surface area contributed by atoms with Gasteiger partial charge in [-0.25, -0.2) is 4.79 Å². The highest BCUT2D eigenvalue weighted by atomic mass is 16.2. The Balaban J connectivity index is 1.75. The van der Waals surface area contributed by atoms with E-state index in [1.165, 1.54) is 11.1 Å². The van der Waals surface area contributed by atoms with Crippen LogP contribution in [0, 0.1) is 17.2 Å². The molecule has 1 aliphatic rings. The summed E-state index contributed by atoms with van der Waals surface area (Å²) >= 11 is 0. The van der Waals surface area contributed by atoms with Crippen LogP contribution in [0.2, 0.25) is 0 Å². The molecule has 0 aromatic heterocycles. The van der Waals surface area contributed by atoms with Gasteiger partial charge in [-0.05, 0) is 35.8 Å². The maximum Gasteiger partial charge on any atom is 0.317 e. The van der Waals surface area contributed by atoms with E-state index in [4.69, 9.17) is 5.26 Å². The highest BCUT2D eigenvalue weighted by Gasteiger charge is 2.22. The van der Waals surface area contributed by atoms with E-state index in [9.17, 15) is 4.79 Å². The number of carbonyl (C=O) groups is 1. The van der Waals surface area contributed by atoms with Crippen molar-refractivity contribution >= 4 is 6.03 Å². The lowest BCUT2D eigenvalue weighted by Gasteiger charge is -2.29. The maximum atomic E-state index is 12.1. The van der Waals surface area contributed by atoms with Gasteiger partial charge in [0.25, 0.3) is 0 Å². The number of amides is 2. The quantitative estimate of drug-likeness (QED) is 0.929. The summed E-state index contributed by atoms with van der Waals surface area (Å²) < 4.78 is 0. The van der Waals surface area contributed by atoms with Crippen molar-refractivity contribution in [2.24, 2.45) is 5.92 Å². The second-order valence-electron chi connectivity index (χ2n) is 7.32. The average Bonchev–Trinajstić information content (AvgIpc) is 2.54. The van der Waals surface area contributed by atoms with Crippen LogP contribution in [0.4, 0.5) is 4.79 Å². The normalized spacial score (nSPS) is 16.0. The number of urea groups is 1. The standard InChI is InChI=1S/C19H27N3O/c1-19(2,3)17-6-4-15(5-7-17)8-11-21-18(23)22-12-9-16(14-20)10-13-22/h4-7,16H,8-13H2,1-3H3,(H,21,23). The SMILES string of the molecule is CC(C)(C)c1ccc(CCNC(=O)N2CCC(C#N)CC2)cc1. The van der Waals surface area contributed by atoms with E-state index in [-0.39, 0.29) is 17.4 Å². The lowest BCUT2D eigenvalue weighted by atomic mass is 9.86. The van der Waals surface area contributed by atoms with E-state index >= 15 is 0 Å². The zero-order valence-electron chi connectivity index (χ0n) is 14.4. The highest BCUT2D eigenvalue weighted by molar-refractivity contribution is 5.74. The minimum Gasteiger partial charge on any atom is -0.338 e. The zero-order chi connectivity index (χ0) is 16.9. The summed E-state index contributed by atoms with van der Waals surface area (Å²) in [5, 5.41) is 11.9. The van der Waals surface area contributed by atoms with Crippen LogP contribution < -0.4 is 5.32 Å². The third kappa shape index (κ3) is 4.99. The monoisotopic (exact) mass is 313 g/mol. The first-order chi connectivity index (χ1) is 10.9. The minimum absolute atomic E-state index is 0.00676. The van der Waals surface area contributed by atoms with Gasteiger partial charge in [-0.15, -0.1) is 0 Å². The first-order valence-corrected chi connectivity index (χ1v) is 8.42. The van der Waals surface area contributed by atoms with Crippen LogP contribution in [0.1, 0.15) is 44.7 Å². The number of nitriles is 1. The summed E-state index contributed by atoms with van der Waals surface area (Å²) in [5.74, 6) is 0.111. The summed E-state index contributed by atoms with van der Waals surface area (Å²) in [4.78, 5) is 13.9. The number of hydrogen-bond donors (Lipinski definition) is 1. The number of hydrogen-bond acceptors (Lipinski definition) is 2. The molecule has 0 atom stereocenters. The summed E-state index contributed by atoms with van der Waals surface area (Å²) in [7, 11) is 0. The van der Waals surface area contributed by atoms with Crippen LogP contribution in [-0.4, -0.2) is 30.6 Å². The van der Waals surface area contributed by atoms with Crippen molar-refractivity contribution in [3.63, 3.8) is 0 Å². The van der Waals surface area contributed by atoms with E-state index in [1.54, 1.807) is 0 Å². The summed E-state index contributed by atoms with van der Waals surface area (Å²) in [5.41, 5.74) is 2.73. The molecule has 0 aliphatic carbocycles. The van der Waals surface area contributed by atoms with Gasteiger partial charge in [-0.2, -0.15) is 5.26 Å². The molecule has 1 heterocycles. The van der Waals surface area contributed by atoms with E-state index in [2.05, 4.69) is 56.4 Å². The molecule has 4 nitrogen and oxygen atoms in total. The van der Waals surface area contributed by atoms with Crippen molar-refractivity contribution in [1.82, 2.24) is 10.2 Å². The smallest absolute Gasteiger partial charge is 0.317 e. The molecule has 4 heteroatoms. The van der Waals surface area contributed by atoms with Crippen LogP contribution >= 0.6 is 0 Å². The van der Waals surface area contributed by atoms with Crippen molar-refractivity contribution in [2.45, 2.75) is 45.4 Å². The third-order valence-corrected chi connectivity index (χ3v) is 4.47. The average molecular weight is 313 g/mol. The second kappa shape index (κ2) is 7.50. The first kappa shape index (κ1) is 17.3. The van der Waals surface area contributed by atoms with Crippen molar-refractivity contribution in [2.75, 3.05) is 19.6 Å². The molecule has 124 valence electrons. The predicted molar refractivity (Wildman–Crippen MR) is 92.2 cm³/mol. The molecule has 0 bridgehead atoms. The molecule has 0 spiro atoms. The van der Waals surface area contributed by atoms with E-state index in [1.807, 2.05) is 4.90 Å². The molecule has 23 heavy (non-hydrogen) atoms. The zero-order valence-corrected chi connectivity index (χ0v) is 14.4. The summed E-state index contributed by atoms with van der Waals surface area (Å²) in [6.07, 6.45) is 2.42.